The molecule has 36 heavy (non-hydrogen) atoms. The summed E-state index contributed by atoms with van der Waals surface area (Å²) in [6.45, 7) is 11.2. The Labute approximate surface area is 217 Å². The molecular formula is C28H36FN3O3S. The summed E-state index contributed by atoms with van der Waals surface area (Å²) in [5.41, 5.74) is 2.31. The van der Waals surface area contributed by atoms with E-state index in [1.165, 1.54) is 23.9 Å². The fourth-order valence-electron chi connectivity index (χ4n) is 4.59. The van der Waals surface area contributed by atoms with Crippen LogP contribution in [0.15, 0.2) is 48.5 Å². The Hall–Kier alpha value is -2.42. The molecule has 4 rings (SSSR count). The number of carbonyl (C=O) groups excluding carboxylic acids is 2. The molecule has 0 aromatic heterocycles. The molecule has 194 valence electrons. The number of hydrogen-bond donors (Lipinski definition) is 1. The summed E-state index contributed by atoms with van der Waals surface area (Å²) >= 11 is 1.50. The van der Waals surface area contributed by atoms with Crippen molar-refractivity contribution in [3.05, 3.63) is 71.0 Å². The van der Waals surface area contributed by atoms with Crippen LogP contribution in [0.2, 0.25) is 0 Å². The van der Waals surface area contributed by atoms with Crippen LogP contribution in [0.25, 0.3) is 0 Å². The van der Waals surface area contributed by atoms with Crippen molar-refractivity contribution in [1.29, 1.82) is 0 Å². The lowest BCUT2D eigenvalue weighted by molar-refractivity contribution is -0.124. The van der Waals surface area contributed by atoms with Crippen LogP contribution in [0.4, 0.5) is 4.39 Å². The van der Waals surface area contributed by atoms with Crippen LogP contribution >= 0.6 is 11.8 Å². The standard InChI is InChI=1S/C28H36FN3O3S/c1-28(2,3)22-10-8-20(9-11-22)26(34)32-24(19-36-27(32)21-6-4-7-23(29)18-21)25(33)30-12-5-13-31-14-16-35-17-15-31/h4,6-11,18,24,27H,5,12-17,19H2,1-3H3,(H,30,33). The Kier molecular flexibility index (Phi) is 8.70. The van der Waals surface area contributed by atoms with E-state index in [0.717, 1.165) is 44.8 Å². The van der Waals surface area contributed by atoms with Crippen molar-refractivity contribution in [2.45, 2.75) is 44.0 Å². The SMILES string of the molecule is CC(C)(C)c1ccc(C(=O)N2C(C(=O)NCCCN3CCOCC3)CSC2c2cccc(F)c2)cc1. The van der Waals surface area contributed by atoms with Gasteiger partial charge in [-0.3, -0.25) is 14.5 Å². The van der Waals surface area contributed by atoms with Gasteiger partial charge in [-0.2, -0.15) is 0 Å². The number of ether oxygens (including phenoxy) is 1. The summed E-state index contributed by atoms with van der Waals surface area (Å²) in [6, 6.07) is 13.3. The molecule has 2 aromatic rings. The minimum atomic E-state index is -0.624. The third-order valence-corrected chi connectivity index (χ3v) is 8.05. The van der Waals surface area contributed by atoms with Gasteiger partial charge in [0.25, 0.3) is 5.91 Å². The first-order chi connectivity index (χ1) is 17.2. The Morgan fingerprint density at radius 3 is 2.50 bits per heavy atom. The molecule has 6 nitrogen and oxygen atoms in total. The highest BCUT2D eigenvalue weighted by Gasteiger charge is 2.42. The smallest absolute Gasteiger partial charge is 0.255 e. The molecular weight excluding hydrogens is 477 g/mol. The molecule has 2 aliphatic rings. The maximum atomic E-state index is 14.0. The van der Waals surface area contributed by atoms with E-state index in [9.17, 15) is 14.0 Å². The van der Waals surface area contributed by atoms with Crippen LogP contribution in [-0.4, -0.2) is 72.8 Å². The van der Waals surface area contributed by atoms with E-state index in [1.807, 2.05) is 30.3 Å². The fraction of sp³-hybridized carbons (Fsp3) is 0.500. The molecule has 2 atom stereocenters. The Morgan fingerprint density at radius 1 is 1.11 bits per heavy atom. The lowest BCUT2D eigenvalue weighted by Gasteiger charge is -2.30. The van der Waals surface area contributed by atoms with Gasteiger partial charge in [-0.25, -0.2) is 4.39 Å². The number of thioether (sulfide) groups is 1. The van der Waals surface area contributed by atoms with Crippen LogP contribution < -0.4 is 5.32 Å². The number of benzene rings is 2. The zero-order valence-electron chi connectivity index (χ0n) is 21.3. The molecule has 0 spiro atoms. The van der Waals surface area contributed by atoms with Crippen LogP contribution in [0.5, 0.6) is 0 Å². The van der Waals surface area contributed by atoms with Gasteiger partial charge in [-0.15, -0.1) is 11.8 Å². The first-order valence-corrected chi connectivity index (χ1v) is 13.7. The summed E-state index contributed by atoms with van der Waals surface area (Å²) in [5.74, 6) is -0.278. The van der Waals surface area contributed by atoms with Gasteiger partial charge in [0.05, 0.1) is 13.2 Å². The molecule has 2 saturated heterocycles. The summed E-state index contributed by atoms with van der Waals surface area (Å²) < 4.78 is 19.4. The van der Waals surface area contributed by atoms with E-state index in [1.54, 1.807) is 11.0 Å². The lowest BCUT2D eigenvalue weighted by atomic mass is 9.86. The largest absolute Gasteiger partial charge is 0.379 e. The van der Waals surface area contributed by atoms with Gasteiger partial charge in [-0.1, -0.05) is 45.0 Å². The maximum absolute atomic E-state index is 14.0. The van der Waals surface area contributed by atoms with Crippen molar-refractivity contribution in [3.63, 3.8) is 0 Å². The lowest BCUT2D eigenvalue weighted by Crippen LogP contribution is -2.48. The van der Waals surface area contributed by atoms with Gasteiger partial charge in [0.15, 0.2) is 0 Å². The van der Waals surface area contributed by atoms with E-state index in [4.69, 9.17) is 4.74 Å². The average molecular weight is 514 g/mol. The summed E-state index contributed by atoms with van der Waals surface area (Å²) in [7, 11) is 0. The Bertz CT molecular complexity index is 1050. The molecule has 2 aliphatic heterocycles. The first-order valence-electron chi connectivity index (χ1n) is 12.6. The Balaban J connectivity index is 1.48. The van der Waals surface area contributed by atoms with Crippen LogP contribution in [0.3, 0.4) is 0 Å². The number of halogens is 1. The molecule has 0 aliphatic carbocycles. The molecule has 2 heterocycles. The molecule has 1 N–H and O–H groups in total. The molecule has 2 fully saturated rings. The monoisotopic (exact) mass is 513 g/mol. The zero-order chi connectivity index (χ0) is 25.7. The number of morpholine rings is 1. The van der Waals surface area contributed by atoms with E-state index in [-0.39, 0.29) is 23.0 Å². The Morgan fingerprint density at radius 2 is 1.83 bits per heavy atom. The highest BCUT2D eigenvalue weighted by molar-refractivity contribution is 7.99. The summed E-state index contributed by atoms with van der Waals surface area (Å²) in [6.07, 6.45) is 0.834. The molecule has 0 bridgehead atoms. The number of rotatable bonds is 7. The van der Waals surface area contributed by atoms with Crippen molar-refractivity contribution in [2.24, 2.45) is 0 Å². The zero-order valence-corrected chi connectivity index (χ0v) is 22.2. The average Bonchev–Trinajstić information content (AvgIpc) is 3.32. The highest BCUT2D eigenvalue weighted by Crippen LogP contribution is 2.42. The van der Waals surface area contributed by atoms with Crippen LogP contribution in [-0.2, 0) is 14.9 Å². The molecule has 2 aromatic carbocycles. The second-order valence-corrected chi connectivity index (χ2v) is 11.5. The minimum Gasteiger partial charge on any atom is -0.379 e. The number of nitrogens with zero attached hydrogens (tertiary/aromatic N) is 2. The van der Waals surface area contributed by atoms with Gasteiger partial charge in [0.2, 0.25) is 5.91 Å². The number of hydrogen-bond acceptors (Lipinski definition) is 5. The van der Waals surface area contributed by atoms with E-state index < -0.39 is 11.4 Å². The van der Waals surface area contributed by atoms with Gasteiger partial charge in [-0.05, 0) is 53.8 Å². The molecule has 2 amide bonds. The van der Waals surface area contributed by atoms with E-state index in [0.29, 0.717) is 23.4 Å². The van der Waals surface area contributed by atoms with Crippen molar-refractivity contribution >= 4 is 23.6 Å². The first kappa shape index (κ1) is 26.6. The summed E-state index contributed by atoms with van der Waals surface area (Å²) in [5, 5.41) is 2.60. The van der Waals surface area contributed by atoms with Crippen LogP contribution in [0.1, 0.15) is 54.1 Å². The van der Waals surface area contributed by atoms with E-state index in [2.05, 4.69) is 31.0 Å². The third kappa shape index (κ3) is 6.47. The highest BCUT2D eigenvalue weighted by atomic mass is 32.2. The normalized spacial score (nSPS) is 20.9. The predicted octanol–water partition coefficient (Wildman–Crippen LogP) is 4.22. The molecule has 2 unspecified atom stereocenters. The summed E-state index contributed by atoms with van der Waals surface area (Å²) in [4.78, 5) is 31.0. The van der Waals surface area contributed by atoms with Gasteiger partial charge in [0, 0.05) is 31.0 Å². The minimum absolute atomic E-state index is 0.0290. The van der Waals surface area contributed by atoms with Gasteiger partial charge >= 0.3 is 0 Å². The number of carbonyl (C=O) groups is 2. The third-order valence-electron chi connectivity index (χ3n) is 6.72. The van der Waals surface area contributed by atoms with Gasteiger partial charge < -0.3 is 15.0 Å². The second kappa shape index (κ2) is 11.8. The van der Waals surface area contributed by atoms with Crippen LogP contribution in [0, 0.1) is 5.82 Å². The molecule has 0 saturated carbocycles. The quantitative estimate of drug-likeness (QED) is 0.562. The van der Waals surface area contributed by atoms with E-state index >= 15 is 0 Å². The predicted molar refractivity (Wildman–Crippen MR) is 142 cm³/mol. The van der Waals surface area contributed by atoms with Crippen molar-refractivity contribution < 1.29 is 18.7 Å². The molecule has 0 radical (unpaired) electrons. The van der Waals surface area contributed by atoms with Crippen molar-refractivity contribution in [2.75, 3.05) is 45.1 Å². The topological polar surface area (TPSA) is 61.9 Å². The van der Waals surface area contributed by atoms with Crippen molar-refractivity contribution in [3.8, 4) is 0 Å². The van der Waals surface area contributed by atoms with Crippen molar-refractivity contribution in [1.82, 2.24) is 15.1 Å². The number of amides is 2. The van der Waals surface area contributed by atoms with Gasteiger partial charge in [0.1, 0.15) is 17.2 Å². The maximum Gasteiger partial charge on any atom is 0.255 e. The fourth-order valence-corrected chi connectivity index (χ4v) is 6.01. The molecule has 8 heteroatoms. The second-order valence-electron chi connectivity index (χ2n) is 10.4. The number of nitrogens with one attached hydrogen (secondary N) is 1.